The molecule has 1 rings (SSSR count). The second-order valence-electron chi connectivity index (χ2n) is 4.27. The van der Waals surface area contributed by atoms with Gasteiger partial charge < -0.3 is 5.11 Å². The molecule has 0 radical (unpaired) electrons. The Balaban J connectivity index is 2.56. The lowest BCUT2D eigenvalue weighted by molar-refractivity contribution is -0.141. The highest BCUT2D eigenvalue weighted by molar-refractivity contribution is 7.09. The molecule has 84 valence electrons. The number of aliphatic carboxylic acids is 1. The fraction of sp³-hybridized carbons (Fsp3) is 0.636. The van der Waals surface area contributed by atoms with E-state index in [9.17, 15) is 4.79 Å². The molecule has 0 amide bonds. The van der Waals surface area contributed by atoms with Crippen molar-refractivity contribution in [3.05, 3.63) is 16.1 Å². The van der Waals surface area contributed by atoms with Crippen LogP contribution in [0, 0.1) is 11.8 Å². The second kappa shape index (κ2) is 5.26. The zero-order valence-electron chi connectivity index (χ0n) is 9.36. The topological polar surface area (TPSA) is 50.2 Å². The predicted octanol–water partition coefficient (Wildman–Crippen LogP) is 2.60. The van der Waals surface area contributed by atoms with Crippen LogP contribution in [0.5, 0.6) is 0 Å². The summed E-state index contributed by atoms with van der Waals surface area (Å²) in [5, 5.41) is 11.7. The van der Waals surface area contributed by atoms with Crippen LogP contribution in [0.4, 0.5) is 0 Å². The van der Waals surface area contributed by atoms with E-state index in [0.717, 1.165) is 17.1 Å². The first-order valence-corrected chi connectivity index (χ1v) is 6.03. The Bertz CT molecular complexity index is 333. The second-order valence-corrected chi connectivity index (χ2v) is 5.22. The monoisotopic (exact) mass is 227 g/mol. The van der Waals surface area contributed by atoms with Crippen molar-refractivity contribution < 1.29 is 9.90 Å². The molecule has 4 heteroatoms. The summed E-state index contributed by atoms with van der Waals surface area (Å²) >= 11 is 1.56. The molecule has 0 bridgehead atoms. The molecule has 0 saturated carbocycles. The molecule has 0 saturated heterocycles. The van der Waals surface area contributed by atoms with Crippen LogP contribution >= 0.6 is 11.3 Å². The molecule has 1 aromatic rings. The van der Waals surface area contributed by atoms with E-state index in [0.29, 0.717) is 12.3 Å². The molecule has 15 heavy (non-hydrogen) atoms. The van der Waals surface area contributed by atoms with E-state index in [1.807, 2.05) is 5.38 Å². The van der Waals surface area contributed by atoms with Gasteiger partial charge in [0.2, 0.25) is 0 Å². The third kappa shape index (κ3) is 4.00. The molecular weight excluding hydrogens is 210 g/mol. The number of aromatic nitrogens is 1. The van der Waals surface area contributed by atoms with Gasteiger partial charge in [0.1, 0.15) is 0 Å². The van der Waals surface area contributed by atoms with Crippen LogP contribution in [-0.2, 0) is 17.6 Å². The average molecular weight is 227 g/mol. The molecular formula is C11H17NO2S. The zero-order valence-corrected chi connectivity index (χ0v) is 10.2. The highest BCUT2D eigenvalue weighted by Gasteiger charge is 2.14. The van der Waals surface area contributed by atoms with Gasteiger partial charge in [-0.15, -0.1) is 11.3 Å². The summed E-state index contributed by atoms with van der Waals surface area (Å²) in [5.74, 6) is -0.504. The van der Waals surface area contributed by atoms with Gasteiger partial charge in [0.25, 0.3) is 0 Å². The van der Waals surface area contributed by atoms with E-state index in [1.165, 1.54) is 0 Å². The van der Waals surface area contributed by atoms with Crippen LogP contribution in [-0.4, -0.2) is 16.1 Å². The molecule has 0 spiro atoms. The first-order chi connectivity index (χ1) is 6.99. The molecule has 1 heterocycles. The normalized spacial score (nSPS) is 13.1. The van der Waals surface area contributed by atoms with Crippen molar-refractivity contribution in [1.82, 2.24) is 4.98 Å². The lowest BCUT2D eigenvalue weighted by Gasteiger charge is -2.02. The summed E-state index contributed by atoms with van der Waals surface area (Å²) in [7, 11) is 0. The molecule has 0 aliphatic carbocycles. The molecule has 1 atom stereocenters. The minimum atomic E-state index is -0.754. The van der Waals surface area contributed by atoms with Gasteiger partial charge in [0, 0.05) is 11.8 Å². The van der Waals surface area contributed by atoms with Crippen molar-refractivity contribution in [2.45, 2.75) is 33.6 Å². The van der Waals surface area contributed by atoms with Crippen LogP contribution in [0.15, 0.2) is 5.38 Å². The van der Waals surface area contributed by atoms with Crippen LogP contribution in [0.2, 0.25) is 0 Å². The van der Waals surface area contributed by atoms with Gasteiger partial charge in [-0.3, -0.25) is 4.79 Å². The van der Waals surface area contributed by atoms with Gasteiger partial charge in [0.15, 0.2) is 0 Å². The first-order valence-electron chi connectivity index (χ1n) is 5.15. The highest BCUT2D eigenvalue weighted by atomic mass is 32.1. The first kappa shape index (κ1) is 12.2. The highest BCUT2D eigenvalue weighted by Crippen LogP contribution is 2.16. The maximum absolute atomic E-state index is 10.7. The standard InChI is InChI=1S/C11H17NO2S/c1-7(2)4-9-6-15-10(12-9)5-8(3)11(13)14/h6-8H,4-5H2,1-3H3,(H,13,14). The Labute approximate surface area is 94.2 Å². The summed E-state index contributed by atoms with van der Waals surface area (Å²) in [5.41, 5.74) is 1.09. The van der Waals surface area contributed by atoms with E-state index < -0.39 is 5.97 Å². The molecule has 0 aliphatic rings. The van der Waals surface area contributed by atoms with E-state index in [1.54, 1.807) is 18.3 Å². The van der Waals surface area contributed by atoms with Crippen molar-refractivity contribution in [2.24, 2.45) is 11.8 Å². The molecule has 0 aliphatic heterocycles. The van der Waals surface area contributed by atoms with E-state index in [2.05, 4.69) is 18.8 Å². The Morgan fingerprint density at radius 2 is 2.13 bits per heavy atom. The summed E-state index contributed by atoms with van der Waals surface area (Å²) in [6.07, 6.45) is 1.51. The predicted molar refractivity (Wildman–Crippen MR) is 61.2 cm³/mol. The Morgan fingerprint density at radius 1 is 1.47 bits per heavy atom. The fourth-order valence-electron chi connectivity index (χ4n) is 1.30. The van der Waals surface area contributed by atoms with Crippen LogP contribution in [0.1, 0.15) is 31.5 Å². The minimum Gasteiger partial charge on any atom is -0.481 e. The third-order valence-corrected chi connectivity index (χ3v) is 3.04. The van der Waals surface area contributed by atoms with Gasteiger partial charge in [-0.2, -0.15) is 0 Å². The number of thiazole rings is 1. The maximum Gasteiger partial charge on any atom is 0.306 e. The van der Waals surface area contributed by atoms with Crippen LogP contribution in [0.25, 0.3) is 0 Å². The van der Waals surface area contributed by atoms with Crippen LogP contribution in [0.3, 0.4) is 0 Å². The summed E-state index contributed by atoms with van der Waals surface area (Å²) in [6, 6.07) is 0. The average Bonchev–Trinajstić information content (AvgIpc) is 2.51. The van der Waals surface area contributed by atoms with Crippen molar-refractivity contribution in [1.29, 1.82) is 0 Å². The van der Waals surface area contributed by atoms with Gasteiger partial charge in [-0.25, -0.2) is 4.98 Å². The van der Waals surface area contributed by atoms with Crippen molar-refractivity contribution in [2.75, 3.05) is 0 Å². The van der Waals surface area contributed by atoms with E-state index in [4.69, 9.17) is 5.11 Å². The minimum absolute atomic E-state index is 0.344. The zero-order chi connectivity index (χ0) is 11.4. The fourth-order valence-corrected chi connectivity index (χ4v) is 2.24. The smallest absolute Gasteiger partial charge is 0.306 e. The Morgan fingerprint density at radius 3 is 2.67 bits per heavy atom. The SMILES string of the molecule is CC(C)Cc1csc(CC(C)C(=O)O)n1. The number of nitrogens with zero attached hydrogens (tertiary/aromatic N) is 1. The molecule has 1 aromatic heterocycles. The summed E-state index contributed by atoms with van der Waals surface area (Å²) < 4.78 is 0. The van der Waals surface area contributed by atoms with Gasteiger partial charge >= 0.3 is 5.97 Å². The lowest BCUT2D eigenvalue weighted by Crippen LogP contribution is -2.12. The van der Waals surface area contributed by atoms with Gasteiger partial charge in [-0.05, 0) is 12.3 Å². The van der Waals surface area contributed by atoms with Gasteiger partial charge in [-0.1, -0.05) is 20.8 Å². The van der Waals surface area contributed by atoms with Crippen molar-refractivity contribution in [3.8, 4) is 0 Å². The van der Waals surface area contributed by atoms with Crippen LogP contribution < -0.4 is 0 Å². The van der Waals surface area contributed by atoms with Gasteiger partial charge in [0.05, 0.1) is 16.6 Å². The van der Waals surface area contributed by atoms with Crippen molar-refractivity contribution in [3.63, 3.8) is 0 Å². The van der Waals surface area contributed by atoms with Crippen molar-refractivity contribution >= 4 is 17.3 Å². The molecule has 3 nitrogen and oxygen atoms in total. The lowest BCUT2D eigenvalue weighted by atomic mass is 10.1. The molecule has 1 unspecified atom stereocenters. The summed E-state index contributed by atoms with van der Waals surface area (Å²) in [6.45, 7) is 6.02. The quantitative estimate of drug-likeness (QED) is 0.841. The maximum atomic E-state index is 10.7. The summed E-state index contributed by atoms with van der Waals surface area (Å²) in [4.78, 5) is 15.1. The Kier molecular flexibility index (Phi) is 4.27. The number of carbonyl (C=O) groups is 1. The number of carboxylic acid groups (broad SMARTS) is 1. The molecule has 1 N–H and O–H groups in total. The Hall–Kier alpha value is -0.900. The van der Waals surface area contributed by atoms with E-state index in [-0.39, 0.29) is 5.92 Å². The number of carboxylic acids is 1. The number of rotatable bonds is 5. The molecule has 0 aromatic carbocycles. The largest absolute Gasteiger partial charge is 0.481 e. The third-order valence-electron chi connectivity index (χ3n) is 2.12. The number of hydrogen-bond donors (Lipinski definition) is 1. The van der Waals surface area contributed by atoms with E-state index >= 15 is 0 Å². The number of hydrogen-bond acceptors (Lipinski definition) is 3. The molecule has 0 fully saturated rings.